The van der Waals surface area contributed by atoms with Gasteiger partial charge in [0.1, 0.15) is 0 Å². The Morgan fingerprint density at radius 3 is 2.25 bits per heavy atom. The average Bonchev–Trinajstić information content (AvgIpc) is 3.28. The van der Waals surface area contributed by atoms with Crippen molar-refractivity contribution in [3.8, 4) is 0 Å². The van der Waals surface area contributed by atoms with Crippen molar-refractivity contribution in [2.45, 2.75) is 36.6 Å². The Kier molecular flexibility index (Phi) is 8.19. The molecule has 56 heavy (non-hydrogen) atoms. The number of para-hydroxylation sites is 1. The fraction of sp³-hybridized carbons (Fsp3) is 0.189. The first-order valence-electron chi connectivity index (χ1n) is 20.3. The highest BCUT2D eigenvalue weighted by atomic mass is 15.0. The predicted octanol–water partition coefficient (Wildman–Crippen LogP) is 10.2. The van der Waals surface area contributed by atoms with E-state index in [1.54, 1.807) is 0 Å². The van der Waals surface area contributed by atoms with Crippen LogP contribution in [0.15, 0.2) is 196 Å². The van der Waals surface area contributed by atoms with Gasteiger partial charge in [-0.05, 0) is 68.3 Å². The van der Waals surface area contributed by atoms with Crippen LogP contribution in [0.1, 0.15) is 64.0 Å². The molecule has 3 heteroatoms. The number of amidine groups is 1. The molecule has 7 unspecified atom stereocenters. The largest absolute Gasteiger partial charge is 0.284 e. The van der Waals surface area contributed by atoms with Gasteiger partial charge in [0.2, 0.25) is 0 Å². The molecular formula is C53H43N3. The van der Waals surface area contributed by atoms with Crippen LogP contribution in [0, 0.1) is 17.8 Å². The summed E-state index contributed by atoms with van der Waals surface area (Å²) in [6.45, 7) is 0.765. The number of nitrogens with zero attached hydrogens (tertiary/aromatic N) is 3. The number of hydrogen-bond donors (Lipinski definition) is 0. The lowest BCUT2D eigenvalue weighted by atomic mass is 9.70. The van der Waals surface area contributed by atoms with Crippen molar-refractivity contribution in [2.75, 3.05) is 6.54 Å². The molecule has 4 aromatic rings. The smallest absolute Gasteiger partial charge is 0.155 e. The Balaban J connectivity index is 0.939. The van der Waals surface area contributed by atoms with Crippen molar-refractivity contribution >= 4 is 29.3 Å². The monoisotopic (exact) mass is 721 g/mol. The van der Waals surface area contributed by atoms with Gasteiger partial charge in [0.25, 0.3) is 0 Å². The van der Waals surface area contributed by atoms with Gasteiger partial charge in [0.05, 0.1) is 17.9 Å². The summed E-state index contributed by atoms with van der Waals surface area (Å²) in [5.41, 5.74) is 13.0. The standard InChI is InChI=1S/C53H43N3/c1-4-14-42-38(11-1)30-48(46-18-8-6-16-44(42)46)35-23-25-36(26-24-35)51-32-52(49-31-39-12-2-5-15-43(39)45-17-7-9-19-47(45)49)56-53(55-51)37-27-21-34(22-28-37)41-29-40-13-3-10-20-50(40)54-33-41/h1-23,25-31,35,38,41-42,45,47,51H,24,32-33H2. The molecule has 0 aromatic heterocycles. The van der Waals surface area contributed by atoms with Crippen molar-refractivity contribution in [3.05, 3.63) is 225 Å². The summed E-state index contributed by atoms with van der Waals surface area (Å²) in [6.07, 6.45) is 34.6. The maximum Gasteiger partial charge on any atom is 0.155 e. The van der Waals surface area contributed by atoms with E-state index in [0.29, 0.717) is 23.7 Å². The van der Waals surface area contributed by atoms with Crippen LogP contribution in [-0.4, -0.2) is 24.1 Å². The fourth-order valence-corrected chi connectivity index (χ4v) is 9.98. The lowest BCUT2D eigenvalue weighted by Gasteiger charge is -2.35. The number of aliphatic imine (C=N–C) groups is 2. The second-order valence-electron chi connectivity index (χ2n) is 16.1. The molecule has 11 rings (SSSR count). The molecule has 4 aromatic carbocycles. The zero-order valence-electron chi connectivity index (χ0n) is 31.3. The normalized spacial score (nSPS) is 27.7. The quantitative estimate of drug-likeness (QED) is 0.197. The third kappa shape index (κ3) is 5.85. The van der Waals surface area contributed by atoms with Crippen LogP contribution in [0.5, 0.6) is 0 Å². The van der Waals surface area contributed by atoms with E-state index in [2.05, 4.69) is 182 Å². The van der Waals surface area contributed by atoms with Crippen molar-refractivity contribution in [3.63, 3.8) is 0 Å². The molecule has 0 fully saturated rings. The van der Waals surface area contributed by atoms with E-state index in [1.165, 1.54) is 49.8 Å². The molecule has 0 saturated heterocycles. The molecule has 2 heterocycles. The maximum absolute atomic E-state index is 5.46. The lowest BCUT2D eigenvalue weighted by molar-refractivity contribution is 0.666. The molecule has 5 aliphatic carbocycles. The van der Waals surface area contributed by atoms with E-state index >= 15 is 0 Å². The Labute approximate surface area is 329 Å². The van der Waals surface area contributed by atoms with E-state index in [0.717, 1.165) is 41.9 Å². The number of fused-ring (bicyclic) bond motifs is 7. The van der Waals surface area contributed by atoms with Gasteiger partial charge >= 0.3 is 0 Å². The van der Waals surface area contributed by atoms with E-state index in [1.807, 2.05) is 0 Å². The maximum atomic E-state index is 5.46. The lowest BCUT2D eigenvalue weighted by Crippen LogP contribution is -2.30. The van der Waals surface area contributed by atoms with Crippen LogP contribution in [0.25, 0.3) is 17.7 Å². The molecule has 0 saturated carbocycles. The van der Waals surface area contributed by atoms with Crippen LogP contribution in [0.2, 0.25) is 0 Å². The molecule has 0 spiro atoms. The van der Waals surface area contributed by atoms with E-state index in [9.17, 15) is 0 Å². The van der Waals surface area contributed by atoms with Crippen LogP contribution in [0.4, 0.5) is 0 Å². The summed E-state index contributed by atoms with van der Waals surface area (Å²) in [5.74, 6) is 2.78. The summed E-state index contributed by atoms with van der Waals surface area (Å²) in [5, 5.41) is 2.29. The Morgan fingerprint density at radius 2 is 1.38 bits per heavy atom. The van der Waals surface area contributed by atoms with Gasteiger partial charge in [-0.1, -0.05) is 170 Å². The first-order chi connectivity index (χ1) is 27.7. The number of benzene rings is 4. The molecule has 0 N–H and O–H groups in total. The van der Waals surface area contributed by atoms with Gasteiger partial charge in [-0.2, -0.15) is 0 Å². The summed E-state index contributed by atoms with van der Waals surface area (Å²) < 4.78 is 0. The average molecular weight is 722 g/mol. The Bertz CT molecular complexity index is 2710. The van der Waals surface area contributed by atoms with Gasteiger partial charge in [-0.3, -0.25) is 9.98 Å². The molecular weight excluding hydrogens is 679 g/mol. The highest BCUT2D eigenvalue weighted by Gasteiger charge is 2.35. The first-order valence-corrected chi connectivity index (χ1v) is 20.3. The molecule has 3 nitrogen and oxygen atoms in total. The topological polar surface area (TPSA) is 37.1 Å². The zero-order chi connectivity index (χ0) is 37.0. The SMILES string of the molecule is C1=CC2C=C(C3C=CC(C4CC(C5=Cc6ccccc6C6C=CC=CC56)=NC(c5ccc(C6C=c7ccccc7=NC6)cc5)=N4)=CC3)c3ccccc3C2C=C1. The second kappa shape index (κ2) is 13.8. The first kappa shape index (κ1) is 33.2. The molecule has 0 amide bonds. The highest BCUT2D eigenvalue weighted by molar-refractivity contribution is 6.16. The van der Waals surface area contributed by atoms with Crippen molar-refractivity contribution < 1.29 is 0 Å². The van der Waals surface area contributed by atoms with E-state index in [-0.39, 0.29) is 17.9 Å². The minimum Gasteiger partial charge on any atom is -0.284 e. The van der Waals surface area contributed by atoms with Crippen LogP contribution < -0.4 is 10.6 Å². The Hall–Kier alpha value is -6.19. The van der Waals surface area contributed by atoms with Crippen LogP contribution in [-0.2, 0) is 0 Å². The highest BCUT2D eigenvalue weighted by Crippen LogP contribution is 2.47. The van der Waals surface area contributed by atoms with Crippen LogP contribution in [0.3, 0.4) is 0 Å². The molecule has 7 atom stereocenters. The Morgan fingerprint density at radius 1 is 0.607 bits per heavy atom. The van der Waals surface area contributed by atoms with Gasteiger partial charge in [-0.15, -0.1) is 0 Å². The van der Waals surface area contributed by atoms with Gasteiger partial charge < -0.3 is 0 Å². The molecule has 0 radical (unpaired) electrons. The summed E-state index contributed by atoms with van der Waals surface area (Å²) in [7, 11) is 0. The number of rotatable bonds is 5. The number of allylic oxidation sites excluding steroid dienone is 13. The zero-order valence-corrected chi connectivity index (χ0v) is 31.3. The summed E-state index contributed by atoms with van der Waals surface area (Å²) in [4.78, 5) is 15.8. The molecule has 0 bridgehead atoms. The van der Waals surface area contributed by atoms with E-state index in [4.69, 9.17) is 15.0 Å². The summed E-state index contributed by atoms with van der Waals surface area (Å²) in [6, 6.07) is 35.2. The fourth-order valence-electron chi connectivity index (χ4n) is 9.98. The van der Waals surface area contributed by atoms with Crippen molar-refractivity contribution in [1.29, 1.82) is 0 Å². The van der Waals surface area contributed by atoms with E-state index < -0.39 is 0 Å². The summed E-state index contributed by atoms with van der Waals surface area (Å²) >= 11 is 0. The third-order valence-corrected chi connectivity index (χ3v) is 12.9. The van der Waals surface area contributed by atoms with Gasteiger partial charge in [0, 0.05) is 53.2 Å². The number of hydrogen-bond acceptors (Lipinski definition) is 3. The minimum atomic E-state index is -0.0144. The molecule has 2 aliphatic heterocycles. The molecule has 7 aliphatic rings. The second-order valence-corrected chi connectivity index (χ2v) is 16.1. The van der Waals surface area contributed by atoms with Crippen molar-refractivity contribution in [2.24, 2.45) is 32.7 Å². The van der Waals surface area contributed by atoms with Gasteiger partial charge in [-0.25, -0.2) is 4.99 Å². The minimum absolute atomic E-state index is 0.0144. The van der Waals surface area contributed by atoms with Crippen LogP contribution >= 0.6 is 0 Å². The van der Waals surface area contributed by atoms with Crippen molar-refractivity contribution in [1.82, 2.24) is 0 Å². The third-order valence-electron chi connectivity index (χ3n) is 12.9. The van der Waals surface area contributed by atoms with Gasteiger partial charge in [0.15, 0.2) is 5.84 Å². The molecule has 270 valence electrons. The predicted molar refractivity (Wildman–Crippen MR) is 231 cm³/mol.